The van der Waals surface area contributed by atoms with Crippen molar-refractivity contribution in [1.29, 1.82) is 0 Å². The Morgan fingerprint density at radius 1 is 1.05 bits per heavy atom. The van der Waals surface area contributed by atoms with E-state index < -0.39 is 20.6 Å². The van der Waals surface area contributed by atoms with Crippen LogP contribution in [0.3, 0.4) is 0 Å². The van der Waals surface area contributed by atoms with Gasteiger partial charge in [-0.25, -0.2) is 8.42 Å². The van der Waals surface area contributed by atoms with Gasteiger partial charge in [0, 0.05) is 6.07 Å². The molecular weight excluding hydrogens is 304 g/mol. The van der Waals surface area contributed by atoms with E-state index in [9.17, 15) is 18.5 Å². The number of nitro groups is 1. The minimum Gasteiger partial charge on any atom is -0.279 e. The first-order chi connectivity index (χ1) is 10.3. The molecule has 116 valence electrons. The van der Waals surface area contributed by atoms with Gasteiger partial charge >= 0.3 is 0 Å². The Labute approximate surface area is 129 Å². The molecule has 0 saturated heterocycles. The highest BCUT2D eigenvalue weighted by molar-refractivity contribution is 7.92. The molecule has 2 aromatic rings. The zero-order valence-corrected chi connectivity index (χ0v) is 13.0. The SMILES string of the molecule is CC(C)c1ccccc1NS(=O)(=O)c1ccccc1[N+](=O)[O-]. The molecule has 0 radical (unpaired) electrons. The normalized spacial score (nSPS) is 11.4. The van der Waals surface area contributed by atoms with Gasteiger partial charge in [-0.1, -0.05) is 44.2 Å². The summed E-state index contributed by atoms with van der Waals surface area (Å²) in [5.74, 6) is 0.115. The van der Waals surface area contributed by atoms with Crippen molar-refractivity contribution in [3.8, 4) is 0 Å². The molecule has 0 saturated carbocycles. The van der Waals surface area contributed by atoms with Gasteiger partial charge in [-0.15, -0.1) is 0 Å². The van der Waals surface area contributed by atoms with Crippen LogP contribution in [0, 0.1) is 10.1 Å². The molecule has 22 heavy (non-hydrogen) atoms. The van der Waals surface area contributed by atoms with Gasteiger partial charge in [0.15, 0.2) is 4.90 Å². The molecule has 1 N–H and O–H groups in total. The second-order valence-corrected chi connectivity index (χ2v) is 6.72. The largest absolute Gasteiger partial charge is 0.289 e. The lowest BCUT2D eigenvalue weighted by Crippen LogP contribution is -2.16. The topological polar surface area (TPSA) is 89.3 Å². The van der Waals surface area contributed by atoms with Crippen LogP contribution in [-0.4, -0.2) is 13.3 Å². The number of nitrogens with zero attached hydrogens (tertiary/aromatic N) is 1. The van der Waals surface area contributed by atoms with Crippen LogP contribution in [0.25, 0.3) is 0 Å². The van der Waals surface area contributed by atoms with Crippen LogP contribution in [0.2, 0.25) is 0 Å². The Morgan fingerprint density at radius 2 is 1.64 bits per heavy atom. The molecule has 0 fully saturated rings. The third-order valence-corrected chi connectivity index (χ3v) is 4.59. The van der Waals surface area contributed by atoms with Crippen LogP contribution < -0.4 is 4.72 Å². The van der Waals surface area contributed by atoms with E-state index >= 15 is 0 Å². The molecule has 2 aromatic carbocycles. The highest BCUT2D eigenvalue weighted by Crippen LogP contribution is 2.29. The summed E-state index contributed by atoms with van der Waals surface area (Å²) < 4.78 is 27.4. The Hall–Kier alpha value is -2.41. The van der Waals surface area contributed by atoms with E-state index in [0.717, 1.165) is 5.56 Å². The van der Waals surface area contributed by atoms with Gasteiger partial charge < -0.3 is 0 Å². The number of sulfonamides is 1. The van der Waals surface area contributed by atoms with Crippen LogP contribution in [0.4, 0.5) is 11.4 Å². The highest BCUT2D eigenvalue weighted by atomic mass is 32.2. The summed E-state index contributed by atoms with van der Waals surface area (Å²) in [4.78, 5) is 9.96. The number of hydrogen-bond donors (Lipinski definition) is 1. The molecular formula is C15H16N2O4S. The number of rotatable bonds is 5. The van der Waals surface area contributed by atoms with Gasteiger partial charge in [-0.05, 0) is 23.6 Å². The lowest BCUT2D eigenvalue weighted by molar-refractivity contribution is -0.387. The van der Waals surface area contributed by atoms with E-state index in [0.29, 0.717) is 5.69 Å². The summed E-state index contributed by atoms with van der Waals surface area (Å²) in [6.07, 6.45) is 0. The maximum Gasteiger partial charge on any atom is 0.289 e. The van der Waals surface area contributed by atoms with Crippen molar-refractivity contribution in [2.45, 2.75) is 24.7 Å². The number of hydrogen-bond acceptors (Lipinski definition) is 4. The van der Waals surface area contributed by atoms with E-state index in [1.807, 2.05) is 26.0 Å². The maximum atomic E-state index is 12.5. The number of anilines is 1. The third-order valence-electron chi connectivity index (χ3n) is 3.18. The van der Waals surface area contributed by atoms with Gasteiger partial charge in [0.05, 0.1) is 10.6 Å². The first-order valence-corrected chi connectivity index (χ1v) is 8.16. The molecule has 0 heterocycles. The van der Waals surface area contributed by atoms with Gasteiger partial charge in [0.2, 0.25) is 0 Å². The molecule has 0 spiro atoms. The molecule has 2 rings (SSSR count). The monoisotopic (exact) mass is 320 g/mol. The Bertz CT molecular complexity index is 801. The summed E-state index contributed by atoms with van der Waals surface area (Å²) in [5.41, 5.74) is 0.803. The summed E-state index contributed by atoms with van der Waals surface area (Å²) in [6.45, 7) is 3.89. The van der Waals surface area contributed by atoms with Gasteiger partial charge in [0.1, 0.15) is 0 Å². The van der Waals surface area contributed by atoms with Crippen molar-refractivity contribution in [1.82, 2.24) is 0 Å². The predicted octanol–water partition coefficient (Wildman–Crippen LogP) is 3.52. The first-order valence-electron chi connectivity index (χ1n) is 6.68. The van der Waals surface area contributed by atoms with Crippen molar-refractivity contribution >= 4 is 21.4 Å². The van der Waals surface area contributed by atoms with Crippen LogP contribution in [0.1, 0.15) is 25.3 Å². The van der Waals surface area contributed by atoms with Crippen molar-refractivity contribution in [2.24, 2.45) is 0 Å². The summed E-state index contributed by atoms with van der Waals surface area (Å²) in [7, 11) is -4.04. The smallest absolute Gasteiger partial charge is 0.279 e. The van der Waals surface area contributed by atoms with E-state index in [1.54, 1.807) is 12.1 Å². The summed E-state index contributed by atoms with van der Waals surface area (Å²) >= 11 is 0. The highest BCUT2D eigenvalue weighted by Gasteiger charge is 2.25. The number of para-hydroxylation sites is 2. The third kappa shape index (κ3) is 3.25. The Kier molecular flexibility index (Phi) is 4.46. The molecule has 6 nitrogen and oxygen atoms in total. The lowest BCUT2D eigenvalue weighted by atomic mass is 10.0. The first kappa shape index (κ1) is 16.0. The summed E-state index contributed by atoms with van der Waals surface area (Å²) in [5, 5.41) is 11.0. The standard InChI is InChI=1S/C15H16N2O4S/c1-11(2)12-7-3-4-8-13(12)16-22(20,21)15-10-6-5-9-14(15)17(18)19/h3-11,16H,1-2H3. The minimum absolute atomic E-state index is 0.115. The van der Waals surface area contributed by atoms with Gasteiger partial charge in [-0.2, -0.15) is 0 Å². The fraction of sp³-hybridized carbons (Fsp3) is 0.200. The van der Waals surface area contributed by atoms with E-state index in [2.05, 4.69) is 4.72 Å². The second kappa shape index (κ2) is 6.15. The van der Waals surface area contributed by atoms with Crippen LogP contribution in [0.5, 0.6) is 0 Å². The quantitative estimate of drug-likeness (QED) is 0.674. The van der Waals surface area contributed by atoms with E-state index in [1.165, 1.54) is 24.3 Å². The zero-order valence-electron chi connectivity index (χ0n) is 12.2. The molecule has 0 aliphatic rings. The number of nitrogens with one attached hydrogen (secondary N) is 1. The Balaban J connectivity index is 2.48. The van der Waals surface area contributed by atoms with Crippen molar-refractivity contribution in [3.05, 3.63) is 64.2 Å². The number of nitro benzene ring substituents is 1. The molecule has 0 amide bonds. The molecule has 0 bridgehead atoms. The van der Waals surface area contributed by atoms with Crippen LogP contribution in [0.15, 0.2) is 53.4 Å². The van der Waals surface area contributed by atoms with Crippen LogP contribution in [-0.2, 0) is 10.0 Å². The van der Waals surface area contributed by atoms with Gasteiger partial charge in [-0.3, -0.25) is 14.8 Å². The number of benzene rings is 2. The lowest BCUT2D eigenvalue weighted by Gasteiger charge is -2.14. The van der Waals surface area contributed by atoms with Crippen molar-refractivity contribution in [3.63, 3.8) is 0 Å². The predicted molar refractivity (Wildman–Crippen MR) is 84.4 cm³/mol. The van der Waals surface area contributed by atoms with E-state index in [4.69, 9.17) is 0 Å². The van der Waals surface area contributed by atoms with Crippen molar-refractivity contribution < 1.29 is 13.3 Å². The minimum atomic E-state index is -4.04. The molecule has 0 aliphatic carbocycles. The zero-order chi connectivity index (χ0) is 16.3. The molecule has 0 atom stereocenters. The average molecular weight is 320 g/mol. The molecule has 0 aliphatic heterocycles. The summed E-state index contributed by atoms with van der Waals surface area (Å²) in [6, 6.07) is 12.3. The van der Waals surface area contributed by atoms with Crippen molar-refractivity contribution in [2.75, 3.05) is 4.72 Å². The van der Waals surface area contributed by atoms with E-state index in [-0.39, 0.29) is 10.8 Å². The maximum absolute atomic E-state index is 12.5. The Morgan fingerprint density at radius 3 is 2.27 bits per heavy atom. The van der Waals surface area contributed by atoms with Crippen LogP contribution >= 0.6 is 0 Å². The molecule has 0 aromatic heterocycles. The fourth-order valence-electron chi connectivity index (χ4n) is 2.13. The van der Waals surface area contributed by atoms with Gasteiger partial charge in [0.25, 0.3) is 15.7 Å². The second-order valence-electron chi connectivity index (χ2n) is 5.07. The molecule has 7 heteroatoms. The molecule has 0 unspecified atom stereocenters. The average Bonchev–Trinajstić information content (AvgIpc) is 2.47. The fourth-order valence-corrected chi connectivity index (χ4v) is 3.39.